The average molecular weight is 1130 g/mol. The van der Waals surface area contributed by atoms with Crippen LogP contribution in [-0.2, 0) is 14.3 Å². The van der Waals surface area contributed by atoms with E-state index in [1.54, 1.807) is 6.08 Å². The molecule has 1 amide bonds. The molecule has 0 heterocycles. The minimum atomic E-state index is -0.846. The van der Waals surface area contributed by atoms with Crippen molar-refractivity contribution in [3.63, 3.8) is 0 Å². The SMILES string of the molecule is CCCCCCCCCCCCCCCCCCCCCCCCC/C=C/C(O)C(CO)NC(=O)CCCCCCCCCCCCCCCCCCCCCCCOC(=O)CCCCCCCCCCCCCCCCCCC. The Morgan fingerprint density at radius 2 is 0.575 bits per heavy atom. The summed E-state index contributed by atoms with van der Waals surface area (Å²) in [6.07, 6.45) is 87.3. The van der Waals surface area contributed by atoms with E-state index in [1.165, 1.54) is 360 Å². The molecule has 6 nitrogen and oxygen atoms in total. The summed E-state index contributed by atoms with van der Waals surface area (Å²) in [4.78, 5) is 24.7. The van der Waals surface area contributed by atoms with Crippen molar-refractivity contribution in [3.8, 4) is 0 Å². The second-order valence-corrected chi connectivity index (χ2v) is 25.6. The summed E-state index contributed by atoms with van der Waals surface area (Å²) in [7, 11) is 0. The van der Waals surface area contributed by atoms with Crippen molar-refractivity contribution < 1.29 is 24.5 Å². The Morgan fingerprint density at radius 1 is 0.338 bits per heavy atom. The number of aliphatic hydroxyl groups is 2. The van der Waals surface area contributed by atoms with E-state index in [0.717, 1.165) is 38.5 Å². The van der Waals surface area contributed by atoms with Gasteiger partial charge in [0.05, 0.1) is 25.4 Å². The van der Waals surface area contributed by atoms with Gasteiger partial charge in [0, 0.05) is 12.8 Å². The van der Waals surface area contributed by atoms with Crippen molar-refractivity contribution in [3.05, 3.63) is 12.2 Å². The quantitative estimate of drug-likeness (QED) is 0.0320. The fraction of sp³-hybridized carbons (Fsp3) is 0.946. The minimum Gasteiger partial charge on any atom is -0.466 e. The van der Waals surface area contributed by atoms with Gasteiger partial charge < -0.3 is 20.3 Å². The van der Waals surface area contributed by atoms with E-state index in [-0.39, 0.29) is 18.5 Å². The lowest BCUT2D eigenvalue weighted by atomic mass is 10.0. The van der Waals surface area contributed by atoms with Gasteiger partial charge in [-0.25, -0.2) is 0 Å². The van der Waals surface area contributed by atoms with E-state index in [0.29, 0.717) is 19.4 Å². The molecule has 0 bridgehead atoms. The van der Waals surface area contributed by atoms with Gasteiger partial charge in [0.2, 0.25) is 5.91 Å². The first-order chi connectivity index (χ1) is 39.5. The molecular formula is C74H145NO5. The number of unbranched alkanes of at least 4 members (excludes halogenated alkanes) is 59. The highest BCUT2D eigenvalue weighted by atomic mass is 16.5. The summed E-state index contributed by atoms with van der Waals surface area (Å²) in [6.45, 7) is 4.96. The molecule has 0 aromatic heterocycles. The summed E-state index contributed by atoms with van der Waals surface area (Å²) in [5.74, 6) is -0.0466. The van der Waals surface area contributed by atoms with E-state index in [2.05, 4.69) is 19.2 Å². The first kappa shape index (κ1) is 78.6. The molecule has 6 heteroatoms. The number of carbonyl (C=O) groups is 2. The molecule has 0 aliphatic heterocycles. The molecule has 0 rings (SSSR count). The molecular weight excluding hydrogens is 983 g/mol. The zero-order chi connectivity index (χ0) is 57.8. The van der Waals surface area contributed by atoms with Crippen molar-refractivity contribution in [1.82, 2.24) is 5.32 Å². The fourth-order valence-corrected chi connectivity index (χ4v) is 11.9. The van der Waals surface area contributed by atoms with Gasteiger partial charge in [-0.2, -0.15) is 0 Å². The van der Waals surface area contributed by atoms with Crippen molar-refractivity contribution in [2.75, 3.05) is 13.2 Å². The second kappa shape index (κ2) is 70.1. The van der Waals surface area contributed by atoms with Gasteiger partial charge >= 0.3 is 5.97 Å². The van der Waals surface area contributed by atoms with Gasteiger partial charge in [-0.3, -0.25) is 9.59 Å². The van der Waals surface area contributed by atoms with Crippen LogP contribution in [0.25, 0.3) is 0 Å². The molecule has 3 N–H and O–H groups in total. The molecule has 0 aliphatic rings. The zero-order valence-corrected chi connectivity index (χ0v) is 54.6. The largest absolute Gasteiger partial charge is 0.466 e. The number of rotatable bonds is 70. The van der Waals surface area contributed by atoms with Gasteiger partial charge in [0.1, 0.15) is 0 Å². The lowest BCUT2D eigenvalue weighted by Crippen LogP contribution is -2.45. The molecule has 2 unspecified atom stereocenters. The normalized spacial score (nSPS) is 12.5. The molecule has 2 atom stereocenters. The molecule has 0 fully saturated rings. The third-order valence-corrected chi connectivity index (χ3v) is 17.6. The van der Waals surface area contributed by atoms with E-state index >= 15 is 0 Å². The number of hydrogen-bond acceptors (Lipinski definition) is 5. The molecule has 0 spiro atoms. The van der Waals surface area contributed by atoms with Gasteiger partial charge in [0.25, 0.3) is 0 Å². The van der Waals surface area contributed by atoms with Crippen molar-refractivity contribution in [1.29, 1.82) is 0 Å². The molecule has 0 saturated heterocycles. The monoisotopic (exact) mass is 1130 g/mol. The Labute approximate surface area is 501 Å². The highest BCUT2D eigenvalue weighted by Crippen LogP contribution is 2.20. The second-order valence-electron chi connectivity index (χ2n) is 25.6. The van der Waals surface area contributed by atoms with Crippen LogP contribution >= 0.6 is 0 Å². The van der Waals surface area contributed by atoms with Gasteiger partial charge in [0.15, 0.2) is 0 Å². The number of amides is 1. The lowest BCUT2D eigenvalue weighted by molar-refractivity contribution is -0.143. The summed E-state index contributed by atoms with van der Waals surface area (Å²) in [5.41, 5.74) is 0. The molecule has 0 radical (unpaired) electrons. The van der Waals surface area contributed by atoms with Crippen molar-refractivity contribution in [2.24, 2.45) is 0 Å². The molecule has 476 valence electrons. The van der Waals surface area contributed by atoms with Gasteiger partial charge in [-0.05, 0) is 32.1 Å². The maximum absolute atomic E-state index is 12.5. The van der Waals surface area contributed by atoms with Crippen LogP contribution in [0.1, 0.15) is 425 Å². The molecule has 0 aromatic rings. The number of ether oxygens (including phenoxy) is 1. The van der Waals surface area contributed by atoms with Crippen LogP contribution in [0, 0.1) is 0 Å². The summed E-state index contributed by atoms with van der Waals surface area (Å²) in [6, 6.07) is -0.630. The standard InChI is InChI=1S/C74H145NO5/c1-3-5-7-9-11-13-15-17-19-21-22-23-24-25-26-28-31-35-38-42-46-50-54-58-62-66-72(77)71(70-76)75-73(78)67-63-59-55-51-47-43-39-36-32-29-27-30-33-37-41-45-49-53-57-61-65-69-80-74(79)68-64-60-56-52-48-44-40-34-20-18-16-14-12-10-8-6-4-2/h62,66,71-72,76-77H,3-61,63-65,67-70H2,1-2H3,(H,75,78)/b66-62+. The number of esters is 1. The van der Waals surface area contributed by atoms with Crippen LogP contribution in [0.2, 0.25) is 0 Å². The number of aliphatic hydroxyl groups excluding tert-OH is 2. The smallest absolute Gasteiger partial charge is 0.305 e. The van der Waals surface area contributed by atoms with E-state index in [1.807, 2.05) is 6.08 Å². The Morgan fingerprint density at radius 3 is 0.850 bits per heavy atom. The molecule has 80 heavy (non-hydrogen) atoms. The predicted octanol–water partition coefficient (Wildman–Crippen LogP) is 23.9. The maximum atomic E-state index is 12.5. The van der Waals surface area contributed by atoms with E-state index in [4.69, 9.17) is 4.74 Å². The average Bonchev–Trinajstić information content (AvgIpc) is 3.46. The first-order valence-corrected chi connectivity index (χ1v) is 37.0. The van der Waals surface area contributed by atoms with Crippen LogP contribution in [0.5, 0.6) is 0 Å². The van der Waals surface area contributed by atoms with Crippen LogP contribution in [0.3, 0.4) is 0 Å². The maximum Gasteiger partial charge on any atom is 0.305 e. The van der Waals surface area contributed by atoms with Crippen LogP contribution in [-0.4, -0.2) is 47.4 Å². The number of allylic oxidation sites excluding steroid dienone is 1. The summed E-state index contributed by atoms with van der Waals surface area (Å²) < 4.78 is 5.51. The Balaban J connectivity index is 3.39. The fourth-order valence-electron chi connectivity index (χ4n) is 11.9. The predicted molar refractivity (Wildman–Crippen MR) is 352 cm³/mol. The van der Waals surface area contributed by atoms with Crippen LogP contribution < -0.4 is 5.32 Å². The number of nitrogens with one attached hydrogen (secondary N) is 1. The lowest BCUT2D eigenvalue weighted by Gasteiger charge is -2.20. The van der Waals surface area contributed by atoms with Gasteiger partial charge in [-0.1, -0.05) is 392 Å². The third-order valence-electron chi connectivity index (χ3n) is 17.6. The number of hydrogen-bond donors (Lipinski definition) is 3. The van der Waals surface area contributed by atoms with Crippen LogP contribution in [0.15, 0.2) is 12.2 Å². The Hall–Kier alpha value is -1.40. The first-order valence-electron chi connectivity index (χ1n) is 37.0. The van der Waals surface area contributed by atoms with Crippen molar-refractivity contribution in [2.45, 2.75) is 437 Å². The Bertz CT molecular complexity index is 1210. The molecule has 0 aromatic carbocycles. The van der Waals surface area contributed by atoms with Gasteiger partial charge in [-0.15, -0.1) is 0 Å². The topological polar surface area (TPSA) is 95.9 Å². The summed E-state index contributed by atoms with van der Waals surface area (Å²) >= 11 is 0. The minimum absolute atomic E-state index is 0.0168. The van der Waals surface area contributed by atoms with E-state index < -0.39 is 12.1 Å². The van der Waals surface area contributed by atoms with Crippen LogP contribution in [0.4, 0.5) is 0 Å². The molecule has 0 aliphatic carbocycles. The van der Waals surface area contributed by atoms with E-state index in [9.17, 15) is 19.8 Å². The number of carbonyl (C=O) groups excluding carboxylic acids is 2. The third kappa shape index (κ3) is 65.7. The highest BCUT2D eigenvalue weighted by molar-refractivity contribution is 5.76. The summed E-state index contributed by atoms with van der Waals surface area (Å²) in [5, 5.41) is 23.3. The van der Waals surface area contributed by atoms with Crippen molar-refractivity contribution >= 4 is 11.9 Å². The Kier molecular flexibility index (Phi) is 68.9. The highest BCUT2D eigenvalue weighted by Gasteiger charge is 2.18. The molecule has 0 saturated carbocycles. The zero-order valence-electron chi connectivity index (χ0n) is 54.6.